The average Bonchev–Trinajstić information content (AvgIpc) is 2.77. The molecule has 0 radical (unpaired) electrons. The molecule has 7 heteroatoms. The molecule has 2 heterocycles. The summed E-state index contributed by atoms with van der Waals surface area (Å²) in [5.41, 5.74) is -0.552. The van der Waals surface area contributed by atoms with E-state index in [2.05, 4.69) is 11.6 Å². The Bertz CT molecular complexity index is 707. The highest BCUT2D eigenvalue weighted by molar-refractivity contribution is 5.70. The number of rotatable bonds is 2. The molecule has 90 valence electrons. The summed E-state index contributed by atoms with van der Waals surface area (Å²) in [6.45, 7) is 3.44. The molecule has 1 N–H and O–H groups in total. The van der Waals surface area contributed by atoms with Crippen LogP contribution in [0.5, 0.6) is 0 Å². The van der Waals surface area contributed by atoms with Gasteiger partial charge in [0.15, 0.2) is 17.4 Å². The van der Waals surface area contributed by atoms with Crippen molar-refractivity contribution in [2.75, 3.05) is 0 Å². The number of aryl methyl sites for hydroxylation is 1. The predicted molar refractivity (Wildman–Crippen MR) is 61.7 cm³/mol. The van der Waals surface area contributed by atoms with Crippen LogP contribution in [0, 0.1) is 0 Å². The van der Waals surface area contributed by atoms with Gasteiger partial charge in [0.1, 0.15) is 6.33 Å². The van der Waals surface area contributed by atoms with E-state index < -0.39 is 17.5 Å². The number of fused-ring (bicyclic) bond motifs is 1. The summed E-state index contributed by atoms with van der Waals surface area (Å²) in [6.07, 6.45) is 1.52. The monoisotopic (exact) mass is 236 g/mol. The molecule has 0 aliphatic rings. The van der Waals surface area contributed by atoms with Crippen molar-refractivity contribution >= 4 is 11.2 Å². The minimum absolute atomic E-state index is 0.169. The molecular formula is C10H12N4O3. The Balaban J connectivity index is 3.01. The van der Waals surface area contributed by atoms with E-state index in [4.69, 9.17) is 0 Å². The van der Waals surface area contributed by atoms with Crippen LogP contribution in [-0.4, -0.2) is 23.8 Å². The number of aliphatic hydroxyl groups excluding tert-OH is 1. The van der Waals surface area contributed by atoms with Gasteiger partial charge in [-0.05, 0) is 6.08 Å². The zero-order valence-corrected chi connectivity index (χ0v) is 9.49. The summed E-state index contributed by atoms with van der Waals surface area (Å²) in [6, 6.07) is 0. The topological polar surface area (TPSA) is 82.1 Å². The Hall–Kier alpha value is -2.15. The second kappa shape index (κ2) is 3.70. The van der Waals surface area contributed by atoms with Gasteiger partial charge in [-0.15, -0.1) is 0 Å². The highest BCUT2D eigenvalue weighted by Gasteiger charge is 2.16. The molecule has 17 heavy (non-hydrogen) atoms. The predicted octanol–water partition coefficient (Wildman–Crippen LogP) is -0.889. The normalized spacial score (nSPS) is 12.9. The molecule has 2 aromatic heterocycles. The fourth-order valence-electron chi connectivity index (χ4n) is 1.68. The van der Waals surface area contributed by atoms with E-state index in [1.165, 1.54) is 35.6 Å². The molecule has 0 aromatic carbocycles. The summed E-state index contributed by atoms with van der Waals surface area (Å²) in [4.78, 5) is 27.5. The summed E-state index contributed by atoms with van der Waals surface area (Å²) in [5.74, 6) is 0. The lowest BCUT2D eigenvalue weighted by atomic mass is 10.4. The van der Waals surface area contributed by atoms with Gasteiger partial charge < -0.3 is 5.11 Å². The molecule has 0 saturated heterocycles. The Morgan fingerprint density at radius 3 is 2.65 bits per heavy atom. The van der Waals surface area contributed by atoms with Crippen LogP contribution in [0.1, 0.15) is 6.23 Å². The molecule has 0 saturated carbocycles. The van der Waals surface area contributed by atoms with Gasteiger partial charge in [-0.25, -0.2) is 9.78 Å². The van der Waals surface area contributed by atoms with E-state index in [0.717, 1.165) is 4.57 Å². The molecule has 0 spiro atoms. The summed E-state index contributed by atoms with van der Waals surface area (Å²) < 4.78 is 3.49. The van der Waals surface area contributed by atoms with E-state index in [1.54, 1.807) is 0 Å². The number of aromatic nitrogens is 4. The van der Waals surface area contributed by atoms with Crippen molar-refractivity contribution in [3.63, 3.8) is 0 Å². The molecule has 0 bridgehead atoms. The van der Waals surface area contributed by atoms with Gasteiger partial charge in [-0.2, -0.15) is 0 Å². The minimum atomic E-state index is -1.05. The second-order valence-electron chi connectivity index (χ2n) is 3.68. The van der Waals surface area contributed by atoms with E-state index in [9.17, 15) is 14.7 Å². The molecule has 2 aromatic rings. The first-order valence-electron chi connectivity index (χ1n) is 4.92. The zero-order chi connectivity index (χ0) is 12.7. The summed E-state index contributed by atoms with van der Waals surface area (Å²) in [5, 5.41) is 9.66. The van der Waals surface area contributed by atoms with Crippen molar-refractivity contribution in [2.24, 2.45) is 14.1 Å². The lowest BCUT2D eigenvalue weighted by molar-refractivity contribution is 0.159. The Labute approximate surface area is 95.9 Å². The first kappa shape index (κ1) is 11.3. The maximum Gasteiger partial charge on any atom is 0.332 e. The minimum Gasteiger partial charge on any atom is -0.370 e. The maximum absolute atomic E-state index is 11.9. The number of imidazole rings is 1. The van der Waals surface area contributed by atoms with Crippen molar-refractivity contribution in [1.82, 2.24) is 18.7 Å². The lowest BCUT2D eigenvalue weighted by Crippen LogP contribution is -2.37. The van der Waals surface area contributed by atoms with E-state index >= 15 is 0 Å². The standard InChI is InChI=1S/C10H12N4O3/c1-4-6(15)14-5-11-8-7(14)9(16)13(3)10(17)12(8)2/h4-6,15H,1H2,2-3H3. The lowest BCUT2D eigenvalue weighted by Gasteiger charge is -2.08. The molecule has 1 atom stereocenters. The van der Waals surface area contributed by atoms with Gasteiger partial charge in [-0.1, -0.05) is 6.58 Å². The molecule has 0 amide bonds. The molecule has 2 rings (SSSR count). The van der Waals surface area contributed by atoms with E-state index in [-0.39, 0.29) is 11.2 Å². The molecule has 1 unspecified atom stereocenters. The third kappa shape index (κ3) is 1.43. The van der Waals surface area contributed by atoms with Crippen LogP contribution in [-0.2, 0) is 14.1 Å². The first-order chi connectivity index (χ1) is 7.99. The van der Waals surface area contributed by atoms with Crippen molar-refractivity contribution in [3.8, 4) is 0 Å². The SMILES string of the molecule is C=CC(O)n1cnc2c1c(=O)n(C)c(=O)n2C. The van der Waals surface area contributed by atoms with Gasteiger partial charge in [0.2, 0.25) is 0 Å². The van der Waals surface area contributed by atoms with Gasteiger partial charge in [0.25, 0.3) is 5.56 Å². The van der Waals surface area contributed by atoms with Crippen molar-refractivity contribution < 1.29 is 5.11 Å². The van der Waals surface area contributed by atoms with Crippen LogP contribution in [0.15, 0.2) is 28.6 Å². The number of hydrogen-bond donors (Lipinski definition) is 1. The largest absolute Gasteiger partial charge is 0.370 e. The van der Waals surface area contributed by atoms with E-state index in [0.29, 0.717) is 0 Å². The Morgan fingerprint density at radius 1 is 1.41 bits per heavy atom. The molecule has 0 aliphatic heterocycles. The summed E-state index contributed by atoms with van der Waals surface area (Å²) in [7, 11) is 2.89. The highest BCUT2D eigenvalue weighted by atomic mass is 16.3. The molecule has 7 nitrogen and oxygen atoms in total. The second-order valence-corrected chi connectivity index (χ2v) is 3.68. The van der Waals surface area contributed by atoms with Crippen LogP contribution in [0.2, 0.25) is 0 Å². The van der Waals surface area contributed by atoms with Crippen LogP contribution < -0.4 is 11.2 Å². The van der Waals surface area contributed by atoms with Crippen molar-refractivity contribution in [2.45, 2.75) is 6.23 Å². The third-order valence-corrected chi connectivity index (χ3v) is 2.67. The summed E-state index contributed by atoms with van der Waals surface area (Å²) >= 11 is 0. The molecule has 0 aliphatic carbocycles. The van der Waals surface area contributed by atoms with Crippen LogP contribution in [0.25, 0.3) is 11.2 Å². The fourth-order valence-corrected chi connectivity index (χ4v) is 1.68. The number of hydrogen-bond acceptors (Lipinski definition) is 4. The number of nitrogens with zero attached hydrogens (tertiary/aromatic N) is 4. The van der Waals surface area contributed by atoms with Crippen molar-refractivity contribution in [1.29, 1.82) is 0 Å². The zero-order valence-electron chi connectivity index (χ0n) is 9.49. The Morgan fingerprint density at radius 2 is 2.06 bits per heavy atom. The van der Waals surface area contributed by atoms with Crippen LogP contribution in [0.4, 0.5) is 0 Å². The van der Waals surface area contributed by atoms with Crippen molar-refractivity contribution in [3.05, 3.63) is 39.8 Å². The smallest absolute Gasteiger partial charge is 0.332 e. The number of aliphatic hydroxyl groups is 1. The fraction of sp³-hybridized carbons (Fsp3) is 0.300. The average molecular weight is 236 g/mol. The maximum atomic E-state index is 11.9. The van der Waals surface area contributed by atoms with Gasteiger partial charge >= 0.3 is 5.69 Å². The Kier molecular flexibility index (Phi) is 2.47. The molecular weight excluding hydrogens is 224 g/mol. The van der Waals surface area contributed by atoms with E-state index in [1.807, 2.05) is 0 Å². The van der Waals surface area contributed by atoms with Crippen LogP contribution in [0.3, 0.4) is 0 Å². The van der Waals surface area contributed by atoms with Crippen LogP contribution >= 0.6 is 0 Å². The quantitative estimate of drug-likeness (QED) is 0.686. The highest BCUT2D eigenvalue weighted by Crippen LogP contribution is 2.11. The van der Waals surface area contributed by atoms with Gasteiger partial charge in [0, 0.05) is 14.1 Å². The first-order valence-corrected chi connectivity index (χ1v) is 4.92. The van der Waals surface area contributed by atoms with Gasteiger partial charge in [0.05, 0.1) is 0 Å². The third-order valence-electron chi connectivity index (χ3n) is 2.67. The molecule has 0 fully saturated rings. The van der Waals surface area contributed by atoms with Gasteiger partial charge in [-0.3, -0.25) is 18.5 Å².